The van der Waals surface area contributed by atoms with Gasteiger partial charge in [-0.3, -0.25) is 0 Å². The van der Waals surface area contributed by atoms with Crippen LogP contribution in [0.4, 0.5) is 0 Å². The van der Waals surface area contributed by atoms with E-state index in [1.165, 1.54) is 32.1 Å². The summed E-state index contributed by atoms with van der Waals surface area (Å²) in [6.07, 6.45) is 6.95. The molecular weight excluding hydrogens is 226 g/mol. The Kier molecular flexibility index (Phi) is 5.05. The summed E-state index contributed by atoms with van der Waals surface area (Å²) >= 11 is 1.91. The largest absolute Gasteiger partial charge is 0.309 e. The molecule has 2 atom stereocenters. The molecule has 1 saturated carbocycles. The third-order valence-corrected chi connectivity index (χ3v) is 5.06. The van der Waals surface area contributed by atoms with Crippen LogP contribution in [0, 0.1) is 11.8 Å². The lowest BCUT2D eigenvalue weighted by molar-refractivity contribution is 0.347. The van der Waals surface area contributed by atoms with Gasteiger partial charge in [0.1, 0.15) is 0 Å². The van der Waals surface area contributed by atoms with Crippen LogP contribution >= 0.6 is 11.3 Å². The summed E-state index contributed by atoms with van der Waals surface area (Å²) in [7, 11) is 0. The van der Waals surface area contributed by atoms with Crippen molar-refractivity contribution >= 4 is 11.3 Å². The van der Waals surface area contributed by atoms with Gasteiger partial charge in [-0.2, -0.15) is 0 Å². The molecule has 1 aliphatic rings. The van der Waals surface area contributed by atoms with E-state index in [1.807, 2.05) is 11.3 Å². The lowest BCUT2D eigenvalue weighted by Gasteiger charge is -2.25. The van der Waals surface area contributed by atoms with E-state index in [2.05, 4.69) is 36.7 Å². The molecule has 2 heteroatoms. The number of hydrogen-bond acceptors (Lipinski definition) is 2. The third kappa shape index (κ3) is 3.56. The first-order valence-electron chi connectivity index (χ1n) is 7.08. The highest BCUT2D eigenvalue weighted by Crippen LogP contribution is 2.37. The molecule has 0 spiro atoms. The van der Waals surface area contributed by atoms with Crippen molar-refractivity contribution in [1.29, 1.82) is 0 Å². The van der Waals surface area contributed by atoms with Crippen LogP contribution in [0.25, 0.3) is 0 Å². The van der Waals surface area contributed by atoms with Crippen molar-refractivity contribution in [1.82, 2.24) is 5.32 Å². The fraction of sp³-hybridized carbons (Fsp3) is 0.733. The SMILES string of the molecule is CCC(C)CNC(c1cccs1)C1CCCC1. The quantitative estimate of drug-likeness (QED) is 0.778. The van der Waals surface area contributed by atoms with Crippen LogP contribution in [-0.4, -0.2) is 6.54 Å². The number of nitrogens with one attached hydrogen (secondary N) is 1. The number of rotatable bonds is 6. The van der Waals surface area contributed by atoms with E-state index < -0.39 is 0 Å². The van der Waals surface area contributed by atoms with Crippen LogP contribution in [0.5, 0.6) is 0 Å². The van der Waals surface area contributed by atoms with Gasteiger partial charge in [0, 0.05) is 10.9 Å². The second kappa shape index (κ2) is 6.55. The average Bonchev–Trinajstić information content (AvgIpc) is 3.01. The highest BCUT2D eigenvalue weighted by Gasteiger charge is 2.26. The molecule has 1 aromatic heterocycles. The van der Waals surface area contributed by atoms with E-state index in [-0.39, 0.29) is 0 Å². The van der Waals surface area contributed by atoms with Gasteiger partial charge in [-0.1, -0.05) is 39.2 Å². The molecule has 0 amide bonds. The molecule has 0 bridgehead atoms. The first kappa shape index (κ1) is 13.1. The van der Waals surface area contributed by atoms with Crippen LogP contribution in [0.1, 0.15) is 56.9 Å². The van der Waals surface area contributed by atoms with Gasteiger partial charge < -0.3 is 5.32 Å². The molecule has 2 rings (SSSR count). The summed E-state index contributed by atoms with van der Waals surface area (Å²) in [5.41, 5.74) is 0. The molecule has 1 aromatic rings. The maximum Gasteiger partial charge on any atom is 0.0443 e. The van der Waals surface area contributed by atoms with Crippen LogP contribution < -0.4 is 5.32 Å². The van der Waals surface area contributed by atoms with Gasteiger partial charge in [-0.05, 0) is 42.7 Å². The van der Waals surface area contributed by atoms with Crippen molar-refractivity contribution < 1.29 is 0 Å². The van der Waals surface area contributed by atoms with E-state index in [1.54, 1.807) is 4.88 Å². The Bertz CT molecular complexity index is 301. The van der Waals surface area contributed by atoms with Gasteiger partial charge in [-0.25, -0.2) is 0 Å². The minimum absolute atomic E-state index is 0.617. The molecule has 17 heavy (non-hydrogen) atoms. The van der Waals surface area contributed by atoms with Gasteiger partial charge >= 0.3 is 0 Å². The zero-order chi connectivity index (χ0) is 12.1. The predicted octanol–water partition coefficient (Wildman–Crippen LogP) is 4.62. The minimum atomic E-state index is 0.617. The normalized spacial score (nSPS) is 20.6. The predicted molar refractivity (Wildman–Crippen MR) is 76.5 cm³/mol. The summed E-state index contributed by atoms with van der Waals surface area (Å²) in [5, 5.41) is 6.04. The van der Waals surface area contributed by atoms with E-state index in [9.17, 15) is 0 Å². The molecule has 0 aliphatic heterocycles. The minimum Gasteiger partial charge on any atom is -0.309 e. The lowest BCUT2D eigenvalue weighted by atomic mass is 9.96. The fourth-order valence-corrected chi connectivity index (χ4v) is 3.62. The second-order valence-corrected chi connectivity index (χ2v) is 6.44. The molecule has 2 unspecified atom stereocenters. The summed E-state index contributed by atoms with van der Waals surface area (Å²) in [4.78, 5) is 1.54. The van der Waals surface area contributed by atoms with Gasteiger partial charge in [0.25, 0.3) is 0 Å². The van der Waals surface area contributed by atoms with E-state index >= 15 is 0 Å². The zero-order valence-electron chi connectivity index (χ0n) is 11.1. The van der Waals surface area contributed by atoms with Crippen LogP contribution in [-0.2, 0) is 0 Å². The van der Waals surface area contributed by atoms with Crippen molar-refractivity contribution in [3.05, 3.63) is 22.4 Å². The van der Waals surface area contributed by atoms with Gasteiger partial charge in [-0.15, -0.1) is 11.3 Å². The Labute approximate surface area is 110 Å². The molecule has 1 nitrogen and oxygen atoms in total. The molecular formula is C15H25NS. The Hall–Kier alpha value is -0.340. The highest BCUT2D eigenvalue weighted by molar-refractivity contribution is 7.10. The Morgan fingerprint density at radius 1 is 1.41 bits per heavy atom. The summed E-state index contributed by atoms with van der Waals surface area (Å²) in [6.45, 7) is 5.78. The maximum absolute atomic E-state index is 3.83. The third-order valence-electron chi connectivity index (χ3n) is 4.10. The molecule has 1 fully saturated rings. The van der Waals surface area contributed by atoms with Crippen LogP contribution in [0.2, 0.25) is 0 Å². The van der Waals surface area contributed by atoms with E-state index in [0.29, 0.717) is 6.04 Å². The summed E-state index contributed by atoms with van der Waals surface area (Å²) in [5.74, 6) is 1.66. The van der Waals surface area contributed by atoms with Gasteiger partial charge in [0.15, 0.2) is 0 Å². The Balaban J connectivity index is 1.97. The van der Waals surface area contributed by atoms with E-state index in [4.69, 9.17) is 0 Å². The number of hydrogen-bond donors (Lipinski definition) is 1. The smallest absolute Gasteiger partial charge is 0.0443 e. The van der Waals surface area contributed by atoms with Crippen molar-refractivity contribution in [2.24, 2.45) is 11.8 Å². The average molecular weight is 251 g/mol. The lowest BCUT2D eigenvalue weighted by Crippen LogP contribution is -2.30. The van der Waals surface area contributed by atoms with Crippen molar-refractivity contribution in [3.63, 3.8) is 0 Å². The topological polar surface area (TPSA) is 12.0 Å². The van der Waals surface area contributed by atoms with Crippen molar-refractivity contribution in [2.45, 2.75) is 52.0 Å². The molecule has 1 heterocycles. The summed E-state index contributed by atoms with van der Waals surface area (Å²) < 4.78 is 0. The van der Waals surface area contributed by atoms with E-state index in [0.717, 1.165) is 18.4 Å². The first-order valence-corrected chi connectivity index (χ1v) is 7.96. The second-order valence-electron chi connectivity index (χ2n) is 5.46. The van der Waals surface area contributed by atoms with Crippen LogP contribution in [0.3, 0.4) is 0 Å². The molecule has 0 aromatic carbocycles. The molecule has 96 valence electrons. The zero-order valence-corrected chi connectivity index (χ0v) is 11.9. The number of thiophene rings is 1. The van der Waals surface area contributed by atoms with Gasteiger partial charge in [0.2, 0.25) is 0 Å². The van der Waals surface area contributed by atoms with Gasteiger partial charge in [0.05, 0.1) is 0 Å². The summed E-state index contributed by atoms with van der Waals surface area (Å²) in [6, 6.07) is 5.11. The standard InChI is InChI=1S/C15H25NS/c1-3-12(2)11-16-15(13-7-4-5-8-13)14-9-6-10-17-14/h6,9-10,12-13,15-16H,3-5,7-8,11H2,1-2H3. The molecule has 1 N–H and O–H groups in total. The Morgan fingerprint density at radius 3 is 2.76 bits per heavy atom. The van der Waals surface area contributed by atoms with Crippen molar-refractivity contribution in [2.75, 3.05) is 6.54 Å². The Morgan fingerprint density at radius 2 is 2.18 bits per heavy atom. The monoisotopic (exact) mass is 251 g/mol. The molecule has 0 saturated heterocycles. The molecule has 0 radical (unpaired) electrons. The van der Waals surface area contributed by atoms with Crippen molar-refractivity contribution in [3.8, 4) is 0 Å². The van der Waals surface area contributed by atoms with Crippen LogP contribution in [0.15, 0.2) is 17.5 Å². The maximum atomic E-state index is 3.83. The highest BCUT2D eigenvalue weighted by atomic mass is 32.1. The fourth-order valence-electron chi connectivity index (χ4n) is 2.73. The molecule has 1 aliphatic carbocycles. The first-order chi connectivity index (χ1) is 8.31.